The summed E-state index contributed by atoms with van der Waals surface area (Å²) in [6.07, 6.45) is 3.14. The second-order valence-electron chi connectivity index (χ2n) is 9.00. The number of halogens is 1. The van der Waals surface area contributed by atoms with Crippen LogP contribution in [-0.4, -0.2) is 86.6 Å². The Morgan fingerprint density at radius 2 is 2.14 bits per heavy atom. The van der Waals surface area contributed by atoms with Gasteiger partial charge in [-0.05, 0) is 32.3 Å². The maximum absolute atomic E-state index is 12.9. The minimum Gasteiger partial charge on any atom is -0.344 e. The van der Waals surface area contributed by atoms with Crippen LogP contribution < -0.4 is 5.32 Å². The molecule has 0 bridgehead atoms. The average Bonchev–Trinajstić information content (AvgIpc) is 3.41. The molecule has 184 valence electrons. The van der Waals surface area contributed by atoms with E-state index in [9.17, 15) is 9.59 Å². The monoisotopic (exact) mass is 505 g/mol. The van der Waals surface area contributed by atoms with Crippen LogP contribution in [-0.2, 0) is 11.3 Å². The van der Waals surface area contributed by atoms with E-state index in [-0.39, 0.29) is 23.9 Å². The van der Waals surface area contributed by atoms with E-state index < -0.39 is 5.91 Å². The number of hydrogen-bond donors (Lipinski definition) is 2. The van der Waals surface area contributed by atoms with Crippen molar-refractivity contribution >= 4 is 45.5 Å². The lowest BCUT2D eigenvalue weighted by Crippen LogP contribution is -2.52. The van der Waals surface area contributed by atoms with E-state index in [1.165, 1.54) is 6.20 Å². The first-order valence-electron chi connectivity index (χ1n) is 11.4. The first kappa shape index (κ1) is 23.7. The highest BCUT2D eigenvalue weighted by atomic mass is 35.5. The summed E-state index contributed by atoms with van der Waals surface area (Å²) in [6, 6.07) is 7.71. The normalized spacial score (nSPS) is 13.8. The van der Waals surface area contributed by atoms with Crippen LogP contribution in [0, 0.1) is 17.2 Å². The summed E-state index contributed by atoms with van der Waals surface area (Å²) >= 11 is 6.26. The summed E-state index contributed by atoms with van der Waals surface area (Å²) in [4.78, 5) is 40.9. The van der Waals surface area contributed by atoms with Crippen LogP contribution in [0.4, 0.5) is 0 Å². The Morgan fingerprint density at radius 1 is 1.33 bits per heavy atom. The molecule has 0 atom stereocenters. The lowest BCUT2D eigenvalue weighted by Gasteiger charge is -2.35. The Morgan fingerprint density at radius 3 is 2.89 bits per heavy atom. The lowest BCUT2D eigenvalue weighted by atomic mass is 10.0. The Labute approximate surface area is 211 Å². The third kappa shape index (κ3) is 4.48. The summed E-state index contributed by atoms with van der Waals surface area (Å²) in [5, 5.41) is 17.8. The number of hydrogen-bond acceptors (Lipinski definition) is 7. The molecule has 4 aromatic rings. The first-order chi connectivity index (χ1) is 17.3. The van der Waals surface area contributed by atoms with Crippen LogP contribution in [0.25, 0.3) is 33.5 Å². The van der Waals surface area contributed by atoms with Crippen molar-refractivity contribution in [3.05, 3.63) is 41.2 Å². The summed E-state index contributed by atoms with van der Waals surface area (Å²) in [5.74, 6) is -0.799. The van der Waals surface area contributed by atoms with Gasteiger partial charge in [-0.1, -0.05) is 11.6 Å². The number of likely N-dealkylation sites (tertiary alicyclic amines) is 1. The van der Waals surface area contributed by atoms with Crippen LogP contribution in [0.3, 0.4) is 0 Å². The molecular formula is C24H24ClN9O2. The second kappa shape index (κ2) is 9.56. The minimum absolute atomic E-state index is 0.134. The topological polar surface area (TPSA) is 136 Å². The Bertz CT molecular complexity index is 1510. The average molecular weight is 506 g/mol. The summed E-state index contributed by atoms with van der Waals surface area (Å²) in [7, 11) is 4.00. The van der Waals surface area contributed by atoms with Gasteiger partial charge in [-0.3, -0.25) is 14.3 Å². The molecule has 2 N–H and O–H groups in total. The lowest BCUT2D eigenvalue weighted by molar-refractivity contribution is -0.135. The van der Waals surface area contributed by atoms with E-state index in [1.807, 2.05) is 30.9 Å². The fourth-order valence-electron chi connectivity index (χ4n) is 4.11. The van der Waals surface area contributed by atoms with Crippen LogP contribution >= 0.6 is 11.6 Å². The number of carbonyl (C=O) groups excluding carboxylic acids is 2. The molecule has 0 unspecified atom stereocenters. The summed E-state index contributed by atoms with van der Waals surface area (Å²) in [5.41, 5.74) is 3.17. The predicted octanol–water partition coefficient (Wildman–Crippen LogP) is 1.90. The smallest absolute Gasteiger partial charge is 0.255 e. The molecule has 5 rings (SSSR count). The Balaban J connectivity index is 1.42. The zero-order valence-electron chi connectivity index (χ0n) is 19.8. The number of benzene rings is 1. The predicted molar refractivity (Wildman–Crippen MR) is 134 cm³/mol. The number of fused-ring (bicyclic) bond motifs is 2. The fraction of sp³-hybridized carbons (Fsp3) is 0.333. The first-order valence-corrected chi connectivity index (χ1v) is 11.8. The number of carbonyl (C=O) groups is 2. The highest BCUT2D eigenvalue weighted by molar-refractivity contribution is 6.31. The number of rotatable bonds is 7. The van der Waals surface area contributed by atoms with Crippen molar-refractivity contribution in [2.75, 3.05) is 40.3 Å². The Kier molecular flexibility index (Phi) is 6.30. The number of aromatic amines is 1. The van der Waals surface area contributed by atoms with E-state index in [4.69, 9.17) is 26.9 Å². The molecule has 0 aliphatic carbocycles. The van der Waals surface area contributed by atoms with E-state index in [1.54, 1.807) is 17.2 Å². The molecule has 0 saturated carbocycles. The summed E-state index contributed by atoms with van der Waals surface area (Å²) < 4.78 is 1.89. The molecule has 1 aliphatic heterocycles. The van der Waals surface area contributed by atoms with E-state index >= 15 is 0 Å². The van der Waals surface area contributed by atoms with Crippen molar-refractivity contribution in [1.82, 2.24) is 39.8 Å². The number of likely N-dealkylation sites (N-methyl/N-ethyl adjacent to an activating group) is 1. The molecule has 4 heterocycles. The van der Waals surface area contributed by atoms with Crippen LogP contribution in [0.2, 0.25) is 5.02 Å². The van der Waals surface area contributed by atoms with Gasteiger partial charge >= 0.3 is 0 Å². The van der Waals surface area contributed by atoms with Crippen molar-refractivity contribution in [3.8, 4) is 17.5 Å². The molecule has 1 fully saturated rings. The van der Waals surface area contributed by atoms with Crippen LogP contribution in [0.15, 0.2) is 30.6 Å². The van der Waals surface area contributed by atoms with Gasteiger partial charge in [0.05, 0.1) is 42.4 Å². The van der Waals surface area contributed by atoms with Gasteiger partial charge in [-0.2, -0.15) is 10.4 Å². The van der Waals surface area contributed by atoms with Gasteiger partial charge in [0, 0.05) is 36.2 Å². The third-order valence-corrected chi connectivity index (χ3v) is 6.39. The maximum atomic E-state index is 12.9. The quantitative estimate of drug-likeness (QED) is 0.391. The number of aromatic nitrogens is 5. The second-order valence-corrected chi connectivity index (χ2v) is 9.44. The molecule has 11 nitrogen and oxygen atoms in total. The number of H-pyrrole nitrogens is 1. The van der Waals surface area contributed by atoms with Crippen molar-refractivity contribution in [1.29, 1.82) is 5.26 Å². The van der Waals surface area contributed by atoms with Crippen molar-refractivity contribution in [3.63, 3.8) is 0 Å². The highest BCUT2D eigenvalue weighted by Gasteiger charge is 2.30. The van der Waals surface area contributed by atoms with Gasteiger partial charge in [0.1, 0.15) is 16.9 Å². The van der Waals surface area contributed by atoms with Gasteiger partial charge in [-0.25, -0.2) is 9.97 Å². The zero-order valence-corrected chi connectivity index (χ0v) is 20.6. The van der Waals surface area contributed by atoms with E-state index in [0.29, 0.717) is 47.2 Å². The number of amides is 2. The molecule has 1 aliphatic rings. The van der Waals surface area contributed by atoms with Gasteiger partial charge in [0.25, 0.3) is 5.91 Å². The largest absolute Gasteiger partial charge is 0.344 e. The van der Waals surface area contributed by atoms with Gasteiger partial charge in [0.15, 0.2) is 5.65 Å². The van der Waals surface area contributed by atoms with Crippen molar-refractivity contribution in [2.45, 2.75) is 6.54 Å². The molecule has 3 aromatic heterocycles. The van der Waals surface area contributed by atoms with Gasteiger partial charge in [-0.15, -0.1) is 0 Å². The Hall–Kier alpha value is -4.01. The zero-order chi connectivity index (χ0) is 25.4. The number of nitriles is 1. The van der Waals surface area contributed by atoms with Crippen molar-refractivity contribution < 1.29 is 9.59 Å². The molecule has 12 heteroatoms. The van der Waals surface area contributed by atoms with Crippen molar-refractivity contribution in [2.24, 2.45) is 5.92 Å². The minimum atomic E-state index is -0.438. The molecule has 36 heavy (non-hydrogen) atoms. The standard InChI is InChI=1S/C24H24ClN9O2/c1-32(2)5-6-34-19-7-15(25)3-4-16(19)21(31-34)18-10-28-23-22(30-18)17(9-27-23)24(36)29-11-20(35)33-12-14(8-26)13-33/h3-4,7,9-10,14H,5-6,11-13H2,1-2H3,(H,27,28)(H,29,36). The number of nitrogens with zero attached hydrogens (tertiary/aromatic N) is 7. The third-order valence-electron chi connectivity index (χ3n) is 6.16. The molecular weight excluding hydrogens is 482 g/mol. The summed E-state index contributed by atoms with van der Waals surface area (Å²) in [6.45, 7) is 2.10. The van der Waals surface area contributed by atoms with E-state index in [0.717, 1.165) is 17.4 Å². The molecule has 0 spiro atoms. The van der Waals surface area contributed by atoms with Crippen LogP contribution in [0.5, 0.6) is 0 Å². The van der Waals surface area contributed by atoms with Gasteiger partial charge < -0.3 is 20.1 Å². The van der Waals surface area contributed by atoms with E-state index in [2.05, 4.69) is 26.3 Å². The highest BCUT2D eigenvalue weighted by Crippen LogP contribution is 2.30. The SMILES string of the molecule is CN(C)CCn1nc(-c2cnc3[nH]cc(C(=O)NCC(=O)N4CC(C#N)C4)c3n2)c2ccc(Cl)cc21. The fourth-order valence-corrected chi connectivity index (χ4v) is 4.27. The van der Waals surface area contributed by atoms with Gasteiger partial charge in [0.2, 0.25) is 5.91 Å². The number of nitrogens with one attached hydrogen (secondary N) is 2. The molecule has 1 aromatic carbocycles. The maximum Gasteiger partial charge on any atom is 0.255 e. The van der Waals surface area contributed by atoms with Crippen LogP contribution in [0.1, 0.15) is 10.4 Å². The molecule has 2 amide bonds. The molecule has 0 radical (unpaired) electrons. The molecule has 1 saturated heterocycles.